The topological polar surface area (TPSA) is 77.5 Å². The summed E-state index contributed by atoms with van der Waals surface area (Å²) in [5, 5.41) is 0.363. The minimum atomic E-state index is -2.95. The van der Waals surface area contributed by atoms with Crippen LogP contribution in [-0.4, -0.2) is 29.3 Å². The van der Waals surface area contributed by atoms with Crippen molar-refractivity contribution in [3.63, 3.8) is 0 Å². The SMILES string of the molecule is Nc1cccc2c(Cl)nc(C3CCS(=O)(=O)C3)n12. The zero-order chi connectivity index (χ0) is 12.9. The maximum atomic E-state index is 11.5. The van der Waals surface area contributed by atoms with E-state index in [2.05, 4.69) is 4.98 Å². The van der Waals surface area contributed by atoms with Gasteiger partial charge in [0.05, 0.1) is 17.0 Å². The zero-order valence-corrected chi connectivity index (χ0v) is 11.1. The molecule has 0 amide bonds. The third kappa shape index (κ3) is 1.76. The number of nitrogens with two attached hydrogens (primary N) is 1. The van der Waals surface area contributed by atoms with Crippen molar-refractivity contribution in [2.45, 2.75) is 12.3 Å². The van der Waals surface area contributed by atoms with Gasteiger partial charge in [-0.3, -0.25) is 4.40 Å². The first kappa shape index (κ1) is 11.8. The van der Waals surface area contributed by atoms with Gasteiger partial charge < -0.3 is 5.73 Å². The van der Waals surface area contributed by atoms with Gasteiger partial charge in [0.2, 0.25) is 0 Å². The number of sulfone groups is 1. The molecular weight excluding hydrogens is 274 g/mol. The maximum absolute atomic E-state index is 11.5. The molecule has 96 valence electrons. The summed E-state index contributed by atoms with van der Waals surface area (Å²) in [5.74, 6) is 1.37. The summed E-state index contributed by atoms with van der Waals surface area (Å²) >= 11 is 6.06. The van der Waals surface area contributed by atoms with Crippen molar-refractivity contribution in [2.75, 3.05) is 17.2 Å². The van der Waals surface area contributed by atoms with Crippen molar-refractivity contribution >= 4 is 32.8 Å². The fraction of sp³-hybridized carbons (Fsp3) is 0.364. The van der Waals surface area contributed by atoms with Gasteiger partial charge in [-0.2, -0.15) is 0 Å². The van der Waals surface area contributed by atoms with Gasteiger partial charge in [0.15, 0.2) is 15.0 Å². The van der Waals surface area contributed by atoms with E-state index in [1.54, 1.807) is 16.5 Å². The number of halogens is 1. The fourth-order valence-electron chi connectivity index (χ4n) is 2.42. The summed E-state index contributed by atoms with van der Waals surface area (Å²) in [7, 11) is -2.95. The van der Waals surface area contributed by atoms with Crippen molar-refractivity contribution in [3.05, 3.63) is 29.2 Å². The molecular formula is C11H12ClN3O2S. The van der Waals surface area contributed by atoms with Gasteiger partial charge in [-0.15, -0.1) is 0 Å². The van der Waals surface area contributed by atoms with Crippen LogP contribution in [0.3, 0.4) is 0 Å². The lowest BCUT2D eigenvalue weighted by Crippen LogP contribution is -2.09. The van der Waals surface area contributed by atoms with Crippen LogP contribution >= 0.6 is 11.6 Å². The highest BCUT2D eigenvalue weighted by atomic mass is 35.5. The molecule has 2 aromatic heterocycles. The highest BCUT2D eigenvalue weighted by molar-refractivity contribution is 7.91. The highest BCUT2D eigenvalue weighted by Crippen LogP contribution is 2.32. The quantitative estimate of drug-likeness (QED) is 0.861. The Labute approximate surface area is 109 Å². The van der Waals surface area contributed by atoms with Crippen molar-refractivity contribution in [3.8, 4) is 0 Å². The molecule has 1 saturated heterocycles. The molecule has 2 aromatic rings. The summed E-state index contributed by atoms with van der Waals surface area (Å²) in [5.41, 5.74) is 6.64. The van der Waals surface area contributed by atoms with Crippen LogP contribution in [0.1, 0.15) is 18.2 Å². The molecule has 0 saturated carbocycles. The molecule has 1 aliphatic heterocycles. The Balaban J connectivity index is 2.19. The van der Waals surface area contributed by atoms with Gasteiger partial charge in [0.1, 0.15) is 11.6 Å². The predicted octanol–water partition coefficient (Wildman–Crippen LogP) is 1.47. The molecule has 3 rings (SSSR count). The van der Waals surface area contributed by atoms with E-state index in [-0.39, 0.29) is 17.4 Å². The van der Waals surface area contributed by atoms with Crippen LogP contribution < -0.4 is 5.73 Å². The monoisotopic (exact) mass is 285 g/mol. The number of rotatable bonds is 1. The third-order valence-electron chi connectivity index (χ3n) is 3.27. The summed E-state index contributed by atoms with van der Waals surface area (Å²) in [4.78, 5) is 4.28. The molecule has 1 atom stereocenters. The minimum absolute atomic E-state index is 0.122. The average molecular weight is 286 g/mol. The maximum Gasteiger partial charge on any atom is 0.155 e. The third-order valence-corrected chi connectivity index (χ3v) is 5.32. The molecule has 5 nitrogen and oxygen atoms in total. The Morgan fingerprint density at radius 3 is 2.89 bits per heavy atom. The van der Waals surface area contributed by atoms with E-state index in [4.69, 9.17) is 17.3 Å². The summed E-state index contributed by atoms with van der Waals surface area (Å²) in [6.45, 7) is 0. The number of hydrogen-bond acceptors (Lipinski definition) is 4. The molecule has 1 fully saturated rings. The summed E-state index contributed by atoms with van der Waals surface area (Å²) < 4.78 is 24.8. The van der Waals surface area contributed by atoms with Gasteiger partial charge >= 0.3 is 0 Å². The van der Waals surface area contributed by atoms with Crippen molar-refractivity contribution < 1.29 is 8.42 Å². The summed E-state index contributed by atoms with van der Waals surface area (Å²) in [6, 6.07) is 5.37. The number of nitrogen functional groups attached to an aromatic ring is 1. The van der Waals surface area contributed by atoms with Crippen LogP contribution in [0, 0.1) is 0 Å². The molecule has 0 bridgehead atoms. The number of pyridine rings is 1. The van der Waals surface area contributed by atoms with E-state index >= 15 is 0 Å². The second-order valence-electron chi connectivity index (χ2n) is 4.53. The Kier molecular flexibility index (Phi) is 2.53. The molecule has 0 aliphatic carbocycles. The molecule has 0 spiro atoms. The van der Waals surface area contributed by atoms with Crippen LogP contribution in [-0.2, 0) is 9.84 Å². The lowest BCUT2D eigenvalue weighted by atomic mass is 10.1. The van der Waals surface area contributed by atoms with Crippen molar-refractivity contribution in [2.24, 2.45) is 0 Å². The molecule has 1 aliphatic rings. The standard InChI is InChI=1S/C11H12ClN3O2S/c12-10-8-2-1-3-9(13)15(8)11(14-10)7-4-5-18(16,17)6-7/h1-3,7H,4-6,13H2. The lowest BCUT2D eigenvalue weighted by molar-refractivity contribution is 0.601. The molecule has 18 heavy (non-hydrogen) atoms. The smallest absolute Gasteiger partial charge is 0.155 e. The Morgan fingerprint density at radius 1 is 1.44 bits per heavy atom. The first-order chi connectivity index (χ1) is 8.48. The number of aromatic nitrogens is 2. The van der Waals surface area contributed by atoms with Crippen LogP contribution in [0.15, 0.2) is 18.2 Å². The minimum Gasteiger partial charge on any atom is -0.385 e. The van der Waals surface area contributed by atoms with Crippen LogP contribution in [0.2, 0.25) is 5.15 Å². The molecule has 0 aromatic carbocycles. The van der Waals surface area contributed by atoms with Gasteiger partial charge in [-0.1, -0.05) is 17.7 Å². The predicted molar refractivity (Wildman–Crippen MR) is 70.6 cm³/mol. The van der Waals surface area contributed by atoms with E-state index in [1.165, 1.54) is 0 Å². The summed E-state index contributed by atoms with van der Waals surface area (Å²) in [6.07, 6.45) is 0.576. The fourth-order valence-corrected chi connectivity index (χ4v) is 4.40. The first-order valence-electron chi connectivity index (χ1n) is 5.61. The number of hydrogen-bond donors (Lipinski definition) is 1. The molecule has 7 heteroatoms. The number of anilines is 1. The Hall–Kier alpha value is -1.27. The van der Waals surface area contributed by atoms with Gasteiger partial charge in [-0.25, -0.2) is 13.4 Å². The first-order valence-corrected chi connectivity index (χ1v) is 7.80. The van der Waals surface area contributed by atoms with E-state index in [0.717, 1.165) is 5.52 Å². The van der Waals surface area contributed by atoms with E-state index < -0.39 is 9.84 Å². The van der Waals surface area contributed by atoms with Crippen LogP contribution in [0.5, 0.6) is 0 Å². The molecule has 3 heterocycles. The van der Waals surface area contributed by atoms with Gasteiger partial charge in [-0.05, 0) is 18.6 Å². The highest BCUT2D eigenvalue weighted by Gasteiger charge is 2.32. The molecule has 2 N–H and O–H groups in total. The van der Waals surface area contributed by atoms with Crippen molar-refractivity contribution in [1.29, 1.82) is 0 Å². The number of imidazole rings is 1. The van der Waals surface area contributed by atoms with E-state index in [1.807, 2.05) is 6.07 Å². The second-order valence-corrected chi connectivity index (χ2v) is 7.12. The largest absolute Gasteiger partial charge is 0.385 e. The van der Waals surface area contributed by atoms with Crippen molar-refractivity contribution in [1.82, 2.24) is 9.38 Å². The molecule has 1 unspecified atom stereocenters. The van der Waals surface area contributed by atoms with E-state index in [9.17, 15) is 8.42 Å². The average Bonchev–Trinajstić information content (AvgIpc) is 2.81. The van der Waals surface area contributed by atoms with E-state index in [0.29, 0.717) is 23.2 Å². The number of fused-ring (bicyclic) bond motifs is 1. The normalized spacial score (nSPS) is 22.6. The van der Waals surface area contributed by atoms with Crippen LogP contribution in [0.4, 0.5) is 5.82 Å². The lowest BCUT2D eigenvalue weighted by Gasteiger charge is -2.08. The molecule has 0 radical (unpaired) electrons. The zero-order valence-electron chi connectivity index (χ0n) is 9.51. The number of nitrogens with zero attached hydrogens (tertiary/aromatic N) is 2. The second kappa shape index (κ2) is 3.86. The van der Waals surface area contributed by atoms with Gasteiger partial charge in [0, 0.05) is 5.92 Å². The Morgan fingerprint density at radius 2 is 2.22 bits per heavy atom. The Bertz CT molecular complexity index is 723. The van der Waals surface area contributed by atoms with Gasteiger partial charge in [0.25, 0.3) is 0 Å². The van der Waals surface area contributed by atoms with Crippen LogP contribution in [0.25, 0.3) is 5.52 Å².